The van der Waals surface area contributed by atoms with Gasteiger partial charge in [-0.05, 0) is 47.8 Å². The molecule has 1 saturated heterocycles. The third kappa shape index (κ3) is 2.51. The number of halogens is 1. The van der Waals surface area contributed by atoms with E-state index in [0.717, 1.165) is 18.8 Å². The second-order valence-electron chi connectivity index (χ2n) is 5.17. The quantitative estimate of drug-likeness (QED) is 0.717. The molecule has 4 heteroatoms. The molecule has 0 radical (unpaired) electrons. The van der Waals surface area contributed by atoms with Gasteiger partial charge in [0.1, 0.15) is 5.75 Å². The van der Waals surface area contributed by atoms with Crippen molar-refractivity contribution in [3.05, 3.63) is 27.3 Å². The van der Waals surface area contributed by atoms with Crippen LogP contribution >= 0.6 is 22.6 Å². The second-order valence-corrected chi connectivity index (χ2v) is 6.42. The van der Waals surface area contributed by atoms with Gasteiger partial charge in [0.25, 0.3) is 0 Å². The Kier molecular flexibility index (Phi) is 3.77. The minimum atomic E-state index is 0.553. The van der Waals surface area contributed by atoms with Crippen LogP contribution in [0.1, 0.15) is 18.0 Å². The summed E-state index contributed by atoms with van der Waals surface area (Å²) < 4.78 is 7.08. The average molecular weight is 358 g/mol. The molecule has 98 valence electrons. The van der Waals surface area contributed by atoms with Crippen LogP contribution < -0.4 is 4.74 Å². The number of rotatable bonds is 1. The molecule has 1 atom stereocenters. The molecular formula is C14H19IN2O. The average Bonchev–Trinajstić information content (AvgIpc) is 2.39. The highest BCUT2D eigenvalue weighted by atomic mass is 127. The van der Waals surface area contributed by atoms with Crippen molar-refractivity contribution in [2.75, 3.05) is 39.8 Å². The summed E-state index contributed by atoms with van der Waals surface area (Å²) in [5.74, 6) is 1.09. The summed E-state index contributed by atoms with van der Waals surface area (Å²) in [4.78, 5) is 5.03. The first-order valence-corrected chi connectivity index (χ1v) is 7.67. The predicted octanol–water partition coefficient (Wildman–Crippen LogP) is 2.36. The van der Waals surface area contributed by atoms with Gasteiger partial charge in [0, 0.05) is 47.8 Å². The van der Waals surface area contributed by atoms with Crippen LogP contribution in [0.15, 0.2) is 18.2 Å². The van der Waals surface area contributed by atoms with Crippen LogP contribution in [0.25, 0.3) is 0 Å². The van der Waals surface area contributed by atoms with E-state index in [1.807, 2.05) is 0 Å². The number of nitrogens with zero attached hydrogens (tertiary/aromatic N) is 2. The molecule has 1 aromatic rings. The van der Waals surface area contributed by atoms with Gasteiger partial charge in [-0.15, -0.1) is 0 Å². The molecule has 18 heavy (non-hydrogen) atoms. The molecule has 3 nitrogen and oxygen atoms in total. The van der Waals surface area contributed by atoms with E-state index in [1.165, 1.54) is 35.3 Å². The molecule has 1 aromatic carbocycles. The molecule has 0 aromatic heterocycles. The SMILES string of the molecule is CN1CCN(C2CCOc3ccc(I)cc32)CC1. The Hall–Kier alpha value is -0.330. The summed E-state index contributed by atoms with van der Waals surface area (Å²) in [5, 5.41) is 0. The van der Waals surface area contributed by atoms with Gasteiger partial charge in [-0.1, -0.05) is 0 Å². The lowest BCUT2D eigenvalue weighted by atomic mass is 9.98. The van der Waals surface area contributed by atoms with Crippen LogP contribution in [0.5, 0.6) is 5.75 Å². The Balaban J connectivity index is 1.84. The molecule has 3 rings (SSSR count). The van der Waals surface area contributed by atoms with Crippen LogP contribution in [0, 0.1) is 3.57 Å². The number of hydrogen-bond donors (Lipinski definition) is 0. The lowest BCUT2D eigenvalue weighted by molar-refractivity contribution is 0.0855. The maximum absolute atomic E-state index is 5.78. The summed E-state index contributed by atoms with van der Waals surface area (Å²) in [6, 6.07) is 7.10. The predicted molar refractivity (Wildman–Crippen MR) is 81.1 cm³/mol. The third-order valence-electron chi connectivity index (χ3n) is 3.96. The Bertz CT molecular complexity index is 430. The minimum Gasteiger partial charge on any atom is -0.493 e. The van der Waals surface area contributed by atoms with Crippen LogP contribution in [-0.2, 0) is 0 Å². The van der Waals surface area contributed by atoms with Crippen molar-refractivity contribution >= 4 is 22.6 Å². The molecule has 0 N–H and O–H groups in total. The number of hydrogen-bond acceptors (Lipinski definition) is 3. The highest BCUT2D eigenvalue weighted by Crippen LogP contribution is 2.37. The van der Waals surface area contributed by atoms with E-state index in [0.29, 0.717) is 6.04 Å². The molecule has 2 heterocycles. The minimum absolute atomic E-state index is 0.553. The van der Waals surface area contributed by atoms with Crippen LogP contribution in [-0.4, -0.2) is 49.6 Å². The van der Waals surface area contributed by atoms with Crippen LogP contribution in [0.4, 0.5) is 0 Å². The zero-order valence-electron chi connectivity index (χ0n) is 10.7. The topological polar surface area (TPSA) is 15.7 Å². The Morgan fingerprint density at radius 2 is 2.00 bits per heavy atom. The van der Waals surface area contributed by atoms with Gasteiger partial charge >= 0.3 is 0 Å². The van der Waals surface area contributed by atoms with Crippen molar-refractivity contribution in [3.63, 3.8) is 0 Å². The highest BCUT2D eigenvalue weighted by Gasteiger charge is 2.28. The molecule has 0 spiro atoms. The molecule has 0 amide bonds. The first-order valence-electron chi connectivity index (χ1n) is 6.59. The monoisotopic (exact) mass is 358 g/mol. The van der Waals surface area contributed by atoms with Crippen molar-refractivity contribution in [3.8, 4) is 5.75 Å². The van der Waals surface area contributed by atoms with Gasteiger partial charge in [0.2, 0.25) is 0 Å². The van der Waals surface area contributed by atoms with Crippen molar-refractivity contribution in [2.24, 2.45) is 0 Å². The maximum Gasteiger partial charge on any atom is 0.124 e. The summed E-state index contributed by atoms with van der Waals surface area (Å²) in [6.45, 7) is 5.55. The van der Waals surface area contributed by atoms with Crippen LogP contribution in [0.3, 0.4) is 0 Å². The zero-order chi connectivity index (χ0) is 12.5. The van der Waals surface area contributed by atoms with Gasteiger partial charge in [-0.25, -0.2) is 0 Å². The van der Waals surface area contributed by atoms with Gasteiger partial charge < -0.3 is 9.64 Å². The smallest absolute Gasteiger partial charge is 0.124 e. The van der Waals surface area contributed by atoms with E-state index in [4.69, 9.17) is 4.74 Å². The van der Waals surface area contributed by atoms with E-state index < -0.39 is 0 Å². The van der Waals surface area contributed by atoms with E-state index in [1.54, 1.807) is 0 Å². The van der Waals surface area contributed by atoms with E-state index in [2.05, 4.69) is 57.6 Å². The molecular weight excluding hydrogens is 339 g/mol. The molecule has 1 fully saturated rings. The van der Waals surface area contributed by atoms with E-state index in [9.17, 15) is 0 Å². The molecule has 0 aliphatic carbocycles. The number of benzene rings is 1. The summed E-state index contributed by atoms with van der Waals surface area (Å²) in [5.41, 5.74) is 1.39. The molecule has 2 aliphatic heterocycles. The number of piperazine rings is 1. The number of likely N-dealkylation sites (N-methyl/N-ethyl adjacent to an activating group) is 1. The Morgan fingerprint density at radius 1 is 1.22 bits per heavy atom. The van der Waals surface area contributed by atoms with E-state index >= 15 is 0 Å². The Morgan fingerprint density at radius 3 is 2.78 bits per heavy atom. The standard InChI is InChI=1S/C14H19IN2O/c1-16-5-7-17(8-6-16)13-4-9-18-14-3-2-11(15)10-12(13)14/h2-3,10,13H,4-9H2,1H3. The lowest BCUT2D eigenvalue weighted by Gasteiger charge is -2.40. The first-order chi connectivity index (χ1) is 8.74. The van der Waals surface area contributed by atoms with Crippen molar-refractivity contribution in [1.29, 1.82) is 0 Å². The third-order valence-corrected chi connectivity index (χ3v) is 4.63. The van der Waals surface area contributed by atoms with Crippen molar-refractivity contribution in [1.82, 2.24) is 9.80 Å². The fraction of sp³-hybridized carbons (Fsp3) is 0.571. The van der Waals surface area contributed by atoms with Crippen LogP contribution in [0.2, 0.25) is 0 Å². The first kappa shape index (κ1) is 12.7. The van der Waals surface area contributed by atoms with Gasteiger partial charge in [-0.3, -0.25) is 4.90 Å². The zero-order valence-corrected chi connectivity index (χ0v) is 12.9. The number of fused-ring (bicyclic) bond motifs is 1. The van der Waals surface area contributed by atoms with Crippen molar-refractivity contribution in [2.45, 2.75) is 12.5 Å². The fourth-order valence-corrected chi connectivity index (χ4v) is 3.38. The van der Waals surface area contributed by atoms with Crippen molar-refractivity contribution < 1.29 is 4.74 Å². The highest BCUT2D eigenvalue weighted by molar-refractivity contribution is 14.1. The van der Waals surface area contributed by atoms with E-state index in [-0.39, 0.29) is 0 Å². The summed E-state index contributed by atoms with van der Waals surface area (Å²) >= 11 is 2.39. The van der Waals surface area contributed by atoms with Gasteiger partial charge in [0.05, 0.1) is 6.61 Å². The lowest BCUT2D eigenvalue weighted by Crippen LogP contribution is -2.46. The second kappa shape index (κ2) is 5.35. The summed E-state index contributed by atoms with van der Waals surface area (Å²) in [7, 11) is 2.21. The number of ether oxygens (including phenoxy) is 1. The normalized spacial score (nSPS) is 25.6. The maximum atomic E-state index is 5.78. The molecule has 0 bridgehead atoms. The van der Waals surface area contributed by atoms with Gasteiger partial charge in [-0.2, -0.15) is 0 Å². The molecule has 0 saturated carbocycles. The molecule has 1 unspecified atom stereocenters. The summed E-state index contributed by atoms with van der Waals surface area (Å²) in [6.07, 6.45) is 1.12. The molecule has 2 aliphatic rings. The largest absolute Gasteiger partial charge is 0.493 e. The fourth-order valence-electron chi connectivity index (χ4n) is 2.86. The Labute approximate surface area is 122 Å². The van der Waals surface area contributed by atoms with Gasteiger partial charge in [0.15, 0.2) is 0 Å².